The predicted octanol–water partition coefficient (Wildman–Crippen LogP) is 10.2. The summed E-state index contributed by atoms with van der Waals surface area (Å²) in [6.45, 7) is 6.65. The van der Waals surface area contributed by atoms with Crippen molar-refractivity contribution >= 4 is 53.3 Å². The molecule has 0 aliphatic rings. The summed E-state index contributed by atoms with van der Waals surface area (Å²) in [5.74, 6) is 1.98. The molecule has 0 aliphatic carbocycles. The van der Waals surface area contributed by atoms with Crippen molar-refractivity contribution in [1.82, 2.24) is 14.5 Å². The monoisotopic (exact) mass is 785 g/mol. The third-order valence-electron chi connectivity index (χ3n) is 8.12. The minimum Gasteiger partial charge on any atom is -0.507 e. The van der Waals surface area contributed by atoms with Crippen molar-refractivity contribution in [2.24, 2.45) is 0 Å². The fourth-order valence-electron chi connectivity index (χ4n) is 5.92. The van der Waals surface area contributed by atoms with Crippen molar-refractivity contribution in [2.75, 3.05) is 0 Å². The molecule has 224 valence electrons. The summed E-state index contributed by atoms with van der Waals surface area (Å²) in [6.07, 6.45) is 1.89. The quantitative estimate of drug-likeness (QED) is 0.181. The molecule has 0 atom stereocenters. The summed E-state index contributed by atoms with van der Waals surface area (Å²) in [6, 6.07) is 37.6. The van der Waals surface area contributed by atoms with Crippen LogP contribution in [-0.2, 0) is 26.5 Å². The van der Waals surface area contributed by atoms with Gasteiger partial charge in [-0.3, -0.25) is 0 Å². The van der Waals surface area contributed by atoms with Gasteiger partial charge in [0.15, 0.2) is 0 Å². The maximum atomic E-state index is 10.4. The van der Waals surface area contributed by atoms with Crippen molar-refractivity contribution in [3.8, 4) is 34.5 Å². The Morgan fingerprint density at radius 2 is 1.62 bits per heavy atom. The number of thiophene rings is 1. The van der Waals surface area contributed by atoms with E-state index in [0.29, 0.717) is 22.9 Å². The molecule has 0 fully saturated rings. The van der Waals surface area contributed by atoms with Crippen LogP contribution in [0.4, 0.5) is 0 Å². The first-order valence-corrected chi connectivity index (χ1v) is 15.4. The molecule has 1 N–H and O–H groups in total. The molecule has 4 aromatic carbocycles. The van der Waals surface area contributed by atoms with E-state index in [9.17, 15) is 5.11 Å². The van der Waals surface area contributed by atoms with E-state index in [2.05, 4.69) is 91.0 Å². The van der Waals surface area contributed by atoms with Gasteiger partial charge in [0.1, 0.15) is 11.6 Å². The Hall–Kier alpha value is -4.51. The molecule has 0 spiro atoms. The van der Waals surface area contributed by atoms with Crippen LogP contribution in [0.25, 0.3) is 59.1 Å². The zero-order valence-electron chi connectivity index (χ0n) is 24.8. The molecular weight excluding hydrogens is 758 g/mol. The molecule has 4 heterocycles. The molecule has 0 bridgehead atoms. The average Bonchev–Trinajstić information content (AvgIpc) is 3.56. The Kier molecular flexibility index (Phi) is 7.23. The van der Waals surface area contributed by atoms with Crippen LogP contribution < -0.4 is 4.74 Å². The van der Waals surface area contributed by atoms with Gasteiger partial charge < -0.3 is 14.4 Å². The fourth-order valence-corrected chi connectivity index (χ4v) is 7.18. The number of pyridine rings is 2. The van der Waals surface area contributed by atoms with Gasteiger partial charge in [-0.05, 0) is 58.8 Å². The number of phenols is 1. The fraction of sp³-hybridized carbons (Fsp3) is 0.105. The van der Waals surface area contributed by atoms with E-state index in [1.807, 2.05) is 53.9 Å². The van der Waals surface area contributed by atoms with Gasteiger partial charge in [-0.1, -0.05) is 68.8 Å². The van der Waals surface area contributed by atoms with Crippen LogP contribution in [0.3, 0.4) is 0 Å². The number of phenolic OH excluding ortho intramolecular Hbond substituents is 1. The van der Waals surface area contributed by atoms with Gasteiger partial charge in [0.2, 0.25) is 5.88 Å². The SMILES string of the molecule is CC(C)(C)c1ccnc(-n2c3[c-]c(Oc4cccc(-c5ccccc5O)n4)ccc3c3c4sc5ccccc5c4ccc32)c1.[Pt]. The van der Waals surface area contributed by atoms with E-state index in [1.54, 1.807) is 12.1 Å². The Morgan fingerprint density at radius 3 is 2.47 bits per heavy atom. The number of para-hydroxylation sites is 1. The standard InChI is InChI=1S/C38H28N3O2S.Pt/c1-38(2,3)23-19-20-39-34(21-23)41-30-18-17-26-25-9-5-7-13-33(25)44-37(26)36(30)28-16-15-24(22-31(28)41)43-35-14-8-11-29(40-35)27-10-4-6-12-32(27)42;/h4-21,42H,1-3H3;/q-1;. The molecule has 0 aliphatic heterocycles. The minimum absolute atomic E-state index is 0. The van der Waals surface area contributed by atoms with E-state index < -0.39 is 0 Å². The summed E-state index contributed by atoms with van der Waals surface area (Å²) in [5, 5.41) is 15.2. The summed E-state index contributed by atoms with van der Waals surface area (Å²) in [4.78, 5) is 9.54. The number of aromatic nitrogens is 3. The molecule has 8 rings (SSSR count). The molecule has 0 amide bonds. The van der Waals surface area contributed by atoms with Crippen LogP contribution in [-0.4, -0.2) is 19.6 Å². The van der Waals surface area contributed by atoms with Gasteiger partial charge in [0, 0.05) is 70.3 Å². The molecule has 0 saturated heterocycles. The van der Waals surface area contributed by atoms with E-state index in [0.717, 1.165) is 22.2 Å². The molecule has 0 saturated carbocycles. The minimum atomic E-state index is -0.0307. The first-order chi connectivity index (χ1) is 21.3. The summed E-state index contributed by atoms with van der Waals surface area (Å²) in [7, 11) is 0. The van der Waals surface area contributed by atoms with Crippen molar-refractivity contribution in [3.05, 3.63) is 121 Å². The molecule has 0 radical (unpaired) electrons. The Balaban J connectivity index is 0.00000325. The maximum absolute atomic E-state index is 10.4. The van der Waals surface area contributed by atoms with Crippen LogP contribution in [0.5, 0.6) is 17.4 Å². The summed E-state index contributed by atoms with van der Waals surface area (Å²) < 4.78 is 11.0. The molecule has 0 unspecified atom stereocenters. The van der Waals surface area contributed by atoms with Crippen LogP contribution in [0, 0.1) is 6.07 Å². The first kappa shape index (κ1) is 29.2. The van der Waals surface area contributed by atoms with Crippen molar-refractivity contribution in [1.29, 1.82) is 0 Å². The third kappa shape index (κ3) is 4.99. The average molecular weight is 786 g/mol. The Morgan fingerprint density at radius 1 is 0.822 bits per heavy atom. The van der Waals surface area contributed by atoms with Crippen LogP contribution in [0.1, 0.15) is 26.3 Å². The number of benzene rings is 4. The Labute approximate surface area is 279 Å². The number of hydrogen-bond donors (Lipinski definition) is 1. The van der Waals surface area contributed by atoms with E-state index in [1.165, 1.54) is 31.1 Å². The summed E-state index contributed by atoms with van der Waals surface area (Å²) in [5.41, 5.74) is 4.42. The molecule has 7 heteroatoms. The Bertz CT molecular complexity index is 2390. The van der Waals surface area contributed by atoms with Gasteiger partial charge in [-0.25, -0.2) is 9.97 Å². The molecular formula is C38H28N3O2PtS-. The number of nitrogens with zero attached hydrogens (tertiary/aromatic N) is 3. The van der Waals surface area contributed by atoms with Gasteiger partial charge in [0.25, 0.3) is 0 Å². The van der Waals surface area contributed by atoms with Crippen molar-refractivity contribution < 1.29 is 30.9 Å². The van der Waals surface area contributed by atoms with E-state index >= 15 is 0 Å². The van der Waals surface area contributed by atoms with Gasteiger partial charge >= 0.3 is 0 Å². The van der Waals surface area contributed by atoms with E-state index in [-0.39, 0.29) is 32.2 Å². The molecule has 4 aromatic heterocycles. The largest absolute Gasteiger partial charge is 0.507 e. The normalized spacial score (nSPS) is 11.8. The number of hydrogen-bond acceptors (Lipinski definition) is 5. The van der Waals surface area contributed by atoms with Gasteiger partial charge in [-0.15, -0.1) is 28.9 Å². The van der Waals surface area contributed by atoms with Crippen molar-refractivity contribution in [3.63, 3.8) is 0 Å². The second kappa shape index (κ2) is 11.1. The second-order valence-electron chi connectivity index (χ2n) is 12.0. The zero-order valence-corrected chi connectivity index (χ0v) is 27.9. The van der Waals surface area contributed by atoms with Gasteiger partial charge in [-0.2, -0.15) is 6.07 Å². The van der Waals surface area contributed by atoms with Gasteiger partial charge in [0.05, 0.1) is 5.69 Å². The van der Waals surface area contributed by atoms with Crippen LogP contribution in [0.2, 0.25) is 0 Å². The second-order valence-corrected chi connectivity index (χ2v) is 13.0. The molecule has 5 nitrogen and oxygen atoms in total. The maximum Gasteiger partial charge on any atom is 0.217 e. The van der Waals surface area contributed by atoms with E-state index in [4.69, 9.17) is 9.72 Å². The topological polar surface area (TPSA) is 60.2 Å². The predicted molar refractivity (Wildman–Crippen MR) is 180 cm³/mol. The number of aromatic hydroxyl groups is 1. The van der Waals surface area contributed by atoms with Crippen molar-refractivity contribution in [2.45, 2.75) is 26.2 Å². The first-order valence-electron chi connectivity index (χ1n) is 14.6. The number of fused-ring (bicyclic) bond motifs is 7. The number of ether oxygens (including phenoxy) is 1. The molecule has 45 heavy (non-hydrogen) atoms. The number of rotatable bonds is 4. The zero-order chi connectivity index (χ0) is 30.0. The third-order valence-corrected chi connectivity index (χ3v) is 9.32. The van der Waals surface area contributed by atoms with Crippen LogP contribution in [0.15, 0.2) is 109 Å². The smallest absolute Gasteiger partial charge is 0.217 e. The van der Waals surface area contributed by atoms with Crippen LogP contribution >= 0.6 is 11.3 Å². The summed E-state index contributed by atoms with van der Waals surface area (Å²) >= 11 is 1.82. The molecule has 8 aromatic rings.